The third-order valence-electron chi connectivity index (χ3n) is 5.65. The normalized spacial score (nSPS) is 11.0. The fourth-order valence-corrected chi connectivity index (χ4v) is 4.03. The second kappa shape index (κ2) is 8.86. The van der Waals surface area contributed by atoms with E-state index in [-0.39, 0.29) is 11.7 Å². The standard InChI is InChI=1S/C27H24N4O3/c1-17-13-18(2)31(30-17)24-12-9-19(15-28-24)16-29-27(32)26-25(20-7-5-4-6-8-20)22-11-10-21(33-3)14-23(22)34-26/h4-15H,16H2,1-3H3,(H,29,32). The minimum atomic E-state index is -0.295. The van der Waals surface area contributed by atoms with E-state index in [1.165, 1.54) is 0 Å². The Morgan fingerprint density at radius 2 is 1.88 bits per heavy atom. The molecule has 0 radical (unpaired) electrons. The van der Waals surface area contributed by atoms with E-state index >= 15 is 0 Å². The van der Waals surface area contributed by atoms with Crippen LogP contribution in [0.5, 0.6) is 5.75 Å². The molecule has 34 heavy (non-hydrogen) atoms. The lowest BCUT2D eigenvalue weighted by Gasteiger charge is -2.07. The van der Waals surface area contributed by atoms with Crippen molar-refractivity contribution in [3.8, 4) is 22.7 Å². The van der Waals surface area contributed by atoms with Gasteiger partial charge in [-0.25, -0.2) is 9.67 Å². The highest BCUT2D eigenvalue weighted by Gasteiger charge is 2.22. The van der Waals surface area contributed by atoms with Gasteiger partial charge in [0.05, 0.1) is 12.8 Å². The molecule has 1 amide bonds. The second-order valence-corrected chi connectivity index (χ2v) is 8.08. The number of fused-ring (bicyclic) bond motifs is 1. The zero-order valence-corrected chi connectivity index (χ0v) is 19.2. The first kappa shape index (κ1) is 21.5. The summed E-state index contributed by atoms with van der Waals surface area (Å²) in [5.74, 6) is 1.37. The summed E-state index contributed by atoms with van der Waals surface area (Å²) in [4.78, 5) is 17.7. The Bertz CT molecular complexity index is 1470. The third kappa shape index (κ3) is 4.03. The minimum Gasteiger partial charge on any atom is -0.497 e. The largest absolute Gasteiger partial charge is 0.497 e. The first-order valence-corrected chi connectivity index (χ1v) is 11.0. The predicted octanol–water partition coefficient (Wildman–Crippen LogP) is 5.24. The van der Waals surface area contributed by atoms with E-state index in [4.69, 9.17) is 9.15 Å². The monoisotopic (exact) mass is 452 g/mol. The van der Waals surface area contributed by atoms with E-state index < -0.39 is 0 Å². The summed E-state index contributed by atoms with van der Waals surface area (Å²) >= 11 is 0. The summed E-state index contributed by atoms with van der Waals surface area (Å²) < 4.78 is 13.1. The number of aryl methyl sites for hydroxylation is 2. The van der Waals surface area contributed by atoms with Crippen molar-refractivity contribution in [3.05, 3.63) is 95.6 Å². The number of hydrogen-bond acceptors (Lipinski definition) is 5. The molecule has 5 aromatic rings. The van der Waals surface area contributed by atoms with Crippen molar-refractivity contribution in [2.45, 2.75) is 20.4 Å². The Morgan fingerprint density at radius 1 is 1.06 bits per heavy atom. The molecular formula is C27H24N4O3. The van der Waals surface area contributed by atoms with Crippen LogP contribution in [0, 0.1) is 13.8 Å². The third-order valence-corrected chi connectivity index (χ3v) is 5.65. The number of nitrogens with one attached hydrogen (secondary N) is 1. The van der Waals surface area contributed by atoms with Gasteiger partial charge in [-0.2, -0.15) is 5.10 Å². The molecule has 1 N–H and O–H groups in total. The molecule has 0 unspecified atom stereocenters. The number of nitrogens with zero attached hydrogens (tertiary/aromatic N) is 3. The molecule has 3 heterocycles. The zero-order chi connectivity index (χ0) is 23.7. The second-order valence-electron chi connectivity index (χ2n) is 8.08. The number of pyridine rings is 1. The van der Waals surface area contributed by atoms with Crippen LogP contribution in [0.1, 0.15) is 27.5 Å². The highest BCUT2D eigenvalue weighted by Crippen LogP contribution is 2.36. The summed E-state index contributed by atoms with van der Waals surface area (Å²) in [5, 5.41) is 8.28. The van der Waals surface area contributed by atoms with Crippen molar-refractivity contribution in [3.63, 3.8) is 0 Å². The molecule has 0 aliphatic rings. The first-order chi connectivity index (χ1) is 16.5. The number of amides is 1. The number of methoxy groups -OCH3 is 1. The number of rotatable bonds is 6. The minimum absolute atomic E-state index is 0.265. The Hall–Kier alpha value is -4.39. The van der Waals surface area contributed by atoms with Gasteiger partial charge in [0, 0.05) is 35.5 Å². The molecule has 0 bridgehead atoms. The van der Waals surface area contributed by atoms with Crippen LogP contribution in [-0.4, -0.2) is 27.8 Å². The van der Waals surface area contributed by atoms with Crippen LogP contribution in [0.15, 0.2) is 77.3 Å². The van der Waals surface area contributed by atoms with Crippen LogP contribution < -0.4 is 10.1 Å². The lowest BCUT2D eigenvalue weighted by atomic mass is 10.0. The van der Waals surface area contributed by atoms with Crippen LogP contribution in [-0.2, 0) is 6.54 Å². The predicted molar refractivity (Wildman–Crippen MR) is 130 cm³/mol. The SMILES string of the molecule is COc1ccc2c(-c3ccccc3)c(C(=O)NCc3ccc(-n4nc(C)cc4C)nc3)oc2c1. The van der Waals surface area contributed by atoms with Crippen molar-refractivity contribution >= 4 is 16.9 Å². The fourth-order valence-electron chi connectivity index (χ4n) is 4.03. The van der Waals surface area contributed by atoms with Crippen molar-refractivity contribution < 1.29 is 13.9 Å². The molecular weight excluding hydrogens is 428 g/mol. The molecule has 2 aromatic carbocycles. The van der Waals surface area contributed by atoms with Gasteiger partial charge in [0.2, 0.25) is 5.76 Å². The van der Waals surface area contributed by atoms with Crippen LogP contribution in [0.25, 0.3) is 27.9 Å². The van der Waals surface area contributed by atoms with Crippen molar-refractivity contribution in [2.75, 3.05) is 7.11 Å². The maximum absolute atomic E-state index is 13.2. The van der Waals surface area contributed by atoms with E-state index in [1.54, 1.807) is 24.1 Å². The lowest BCUT2D eigenvalue weighted by molar-refractivity contribution is 0.0926. The van der Waals surface area contributed by atoms with Gasteiger partial charge in [0.15, 0.2) is 5.82 Å². The highest BCUT2D eigenvalue weighted by atomic mass is 16.5. The summed E-state index contributed by atoms with van der Waals surface area (Å²) in [7, 11) is 1.60. The Kier molecular flexibility index (Phi) is 5.59. The summed E-state index contributed by atoms with van der Waals surface area (Å²) in [6, 6.07) is 21.1. The average molecular weight is 453 g/mol. The molecule has 7 nitrogen and oxygen atoms in total. The molecule has 3 aromatic heterocycles. The van der Waals surface area contributed by atoms with Gasteiger partial charge in [-0.1, -0.05) is 36.4 Å². The quantitative estimate of drug-likeness (QED) is 0.381. The summed E-state index contributed by atoms with van der Waals surface area (Å²) in [6.07, 6.45) is 1.74. The Labute approximate surface area is 197 Å². The molecule has 0 aliphatic heterocycles. The molecule has 170 valence electrons. The van der Waals surface area contributed by atoms with Gasteiger partial charge < -0.3 is 14.5 Å². The van der Waals surface area contributed by atoms with Gasteiger partial charge in [0.1, 0.15) is 11.3 Å². The smallest absolute Gasteiger partial charge is 0.287 e. The first-order valence-electron chi connectivity index (χ1n) is 11.0. The summed E-state index contributed by atoms with van der Waals surface area (Å²) in [6.45, 7) is 4.26. The van der Waals surface area contributed by atoms with Gasteiger partial charge in [-0.05, 0) is 49.2 Å². The molecule has 7 heteroatoms. The van der Waals surface area contributed by atoms with Crippen LogP contribution >= 0.6 is 0 Å². The van der Waals surface area contributed by atoms with Crippen molar-refractivity contribution in [1.82, 2.24) is 20.1 Å². The molecule has 5 rings (SSSR count). The number of carbonyl (C=O) groups excluding carboxylic acids is 1. The van der Waals surface area contributed by atoms with Crippen LogP contribution in [0.3, 0.4) is 0 Å². The molecule has 0 saturated heterocycles. The van der Waals surface area contributed by atoms with Gasteiger partial charge in [0.25, 0.3) is 5.91 Å². The lowest BCUT2D eigenvalue weighted by Crippen LogP contribution is -2.23. The fraction of sp³-hybridized carbons (Fsp3) is 0.148. The number of benzene rings is 2. The molecule has 0 fully saturated rings. The maximum Gasteiger partial charge on any atom is 0.287 e. The average Bonchev–Trinajstić information content (AvgIpc) is 3.42. The van der Waals surface area contributed by atoms with E-state index in [1.807, 2.05) is 74.5 Å². The number of carbonyl (C=O) groups is 1. The van der Waals surface area contributed by atoms with Crippen molar-refractivity contribution in [1.29, 1.82) is 0 Å². The van der Waals surface area contributed by atoms with E-state index in [9.17, 15) is 4.79 Å². The van der Waals surface area contributed by atoms with E-state index in [0.29, 0.717) is 17.9 Å². The Morgan fingerprint density at radius 3 is 2.56 bits per heavy atom. The van der Waals surface area contributed by atoms with E-state index in [0.717, 1.165) is 39.3 Å². The van der Waals surface area contributed by atoms with E-state index in [2.05, 4.69) is 15.4 Å². The zero-order valence-electron chi connectivity index (χ0n) is 19.2. The number of aromatic nitrogens is 3. The molecule has 0 atom stereocenters. The van der Waals surface area contributed by atoms with Gasteiger partial charge >= 0.3 is 0 Å². The van der Waals surface area contributed by atoms with Gasteiger partial charge in [-0.3, -0.25) is 4.79 Å². The Balaban J connectivity index is 1.41. The number of furan rings is 1. The number of hydrogen-bond donors (Lipinski definition) is 1. The highest BCUT2D eigenvalue weighted by molar-refractivity contribution is 6.08. The van der Waals surface area contributed by atoms with Gasteiger partial charge in [-0.15, -0.1) is 0 Å². The van der Waals surface area contributed by atoms with Crippen molar-refractivity contribution in [2.24, 2.45) is 0 Å². The maximum atomic E-state index is 13.2. The van der Waals surface area contributed by atoms with Crippen LogP contribution in [0.2, 0.25) is 0 Å². The molecule has 0 saturated carbocycles. The topological polar surface area (TPSA) is 82.2 Å². The molecule has 0 aliphatic carbocycles. The molecule has 0 spiro atoms. The summed E-state index contributed by atoms with van der Waals surface area (Å²) in [5.41, 5.74) is 5.09. The van der Waals surface area contributed by atoms with Crippen LogP contribution in [0.4, 0.5) is 0 Å². The number of ether oxygens (including phenoxy) is 1.